The predicted octanol–water partition coefficient (Wildman–Crippen LogP) is 1.41. The third-order valence-corrected chi connectivity index (χ3v) is 5.12. The normalized spacial score (nSPS) is 18.0. The molecule has 2 aromatic rings. The van der Waals surface area contributed by atoms with Crippen LogP contribution in [0.3, 0.4) is 0 Å². The molecule has 0 radical (unpaired) electrons. The summed E-state index contributed by atoms with van der Waals surface area (Å²) in [5.41, 5.74) is 0.684. The highest BCUT2D eigenvalue weighted by Gasteiger charge is 2.29. The van der Waals surface area contributed by atoms with E-state index in [4.69, 9.17) is 4.74 Å². The van der Waals surface area contributed by atoms with Gasteiger partial charge in [-0.15, -0.1) is 10.2 Å². The first kappa shape index (κ1) is 16.1. The van der Waals surface area contributed by atoms with E-state index in [1.807, 2.05) is 23.1 Å². The Labute approximate surface area is 147 Å². The number of nitrogens with one attached hydrogen (secondary N) is 1. The number of hydrogen-bond acceptors (Lipinski definition) is 5. The maximum Gasteiger partial charge on any atom is 0.253 e. The zero-order valence-electron chi connectivity index (χ0n) is 14.4. The number of nitrogens with zero attached hydrogens (tertiary/aromatic N) is 4. The lowest BCUT2D eigenvalue weighted by atomic mass is 9.95. The maximum atomic E-state index is 12.7. The maximum absolute atomic E-state index is 12.7. The number of hydrogen-bond donors (Lipinski definition) is 1. The zero-order chi connectivity index (χ0) is 17.2. The molecule has 1 saturated heterocycles. The minimum absolute atomic E-state index is 0.0739. The number of carbonyl (C=O) groups is 1. The monoisotopic (exact) mass is 341 g/mol. The molecule has 0 spiro atoms. The van der Waals surface area contributed by atoms with Crippen molar-refractivity contribution in [1.29, 1.82) is 0 Å². The van der Waals surface area contributed by atoms with Gasteiger partial charge in [-0.2, -0.15) is 0 Å². The fourth-order valence-electron chi connectivity index (χ4n) is 3.70. The van der Waals surface area contributed by atoms with Gasteiger partial charge in [0.05, 0.1) is 13.7 Å². The molecule has 1 aromatic heterocycles. The number of carbonyl (C=O) groups excluding carboxylic acids is 1. The van der Waals surface area contributed by atoms with Gasteiger partial charge in [0.25, 0.3) is 5.91 Å². The van der Waals surface area contributed by atoms with Crippen molar-refractivity contribution in [3.8, 4) is 5.75 Å². The number of aromatic nitrogens is 3. The van der Waals surface area contributed by atoms with Gasteiger partial charge in [-0.05, 0) is 31.0 Å². The Balaban J connectivity index is 1.43. The molecule has 0 bridgehead atoms. The number of ether oxygens (including phenoxy) is 1. The van der Waals surface area contributed by atoms with Gasteiger partial charge in [0, 0.05) is 37.7 Å². The van der Waals surface area contributed by atoms with E-state index in [1.165, 1.54) is 0 Å². The smallest absolute Gasteiger partial charge is 0.253 e. The number of rotatable bonds is 3. The van der Waals surface area contributed by atoms with Gasteiger partial charge in [0.1, 0.15) is 17.4 Å². The molecule has 1 amide bonds. The Morgan fingerprint density at radius 1 is 1.24 bits per heavy atom. The van der Waals surface area contributed by atoms with E-state index in [2.05, 4.69) is 20.1 Å². The molecule has 0 saturated carbocycles. The highest BCUT2D eigenvalue weighted by atomic mass is 16.5. The minimum Gasteiger partial charge on any atom is -0.497 e. The molecule has 3 heterocycles. The fourth-order valence-corrected chi connectivity index (χ4v) is 3.70. The largest absolute Gasteiger partial charge is 0.497 e. The standard InChI is InChI=1S/C18H23N5O2/c1-25-15-4-2-3-14(11-15)18(24)22-8-5-13(6-9-22)17-21-20-16-12-19-7-10-23(16)17/h2-4,11,13,19H,5-10,12H2,1H3. The second-order valence-corrected chi connectivity index (χ2v) is 6.60. The SMILES string of the molecule is COc1cccc(C(=O)N2CCC(c3nnc4n3CCNC4)CC2)c1. The summed E-state index contributed by atoms with van der Waals surface area (Å²) >= 11 is 0. The first-order chi connectivity index (χ1) is 12.3. The molecular weight excluding hydrogens is 318 g/mol. The number of benzene rings is 1. The van der Waals surface area contributed by atoms with Crippen molar-refractivity contribution in [3.05, 3.63) is 41.5 Å². The van der Waals surface area contributed by atoms with Crippen LogP contribution in [0.5, 0.6) is 5.75 Å². The van der Waals surface area contributed by atoms with E-state index in [1.54, 1.807) is 13.2 Å². The summed E-state index contributed by atoms with van der Waals surface area (Å²) < 4.78 is 7.47. The van der Waals surface area contributed by atoms with Crippen molar-refractivity contribution in [2.45, 2.75) is 31.8 Å². The van der Waals surface area contributed by atoms with E-state index in [0.717, 1.165) is 57.2 Å². The second-order valence-electron chi connectivity index (χ2n) is 6.60. The summed E-state index contributed by atoms with van der Waals surface area (Å²) in [6, 6.07) is 7.36. The van der Waals surface area contributed by atoms with Gasteiger partial charge in [0.2, 0.25) is 0 Å². The van der Waals surface area contributed by atoms with Crippen LogP contribution in [0.25, 0.3) is 0 Å². The third-order valence-electron chi connectivity index (χ3n) is 5.12. The van der Waals surface area contributed by atoms with Crippen molar-refractivity contribution in [2.75, 3.05) is 26.7 Å². The molecule has 0 aliphatic carbocycles. The number of piperidine rings is 1. The van der Waals surface area contributed by atoms with E-state index in [0.29, 0.717) is 17.2 Å². The van der Waals surface area contributed by atoms with Crippen molar-refractivity contribution in [2.24, 2.45) is 0 Å². The average molecular weight is 341 g/mol. The predicted molar refractivity (Wildman–Crippen MR) is 92.6 cm³/mol. The van der Waals surface area contributed by atoms with Crippen LogP contribution < -0.4 is 10.1 Å². The van der Waals surface area contributed by atoms with Crippen LogP contribution in [0.1, 0.15) is 40.8 Å². The van der Waals surface area contributed by atoms with Crippen LogP contribution in [0, 0.1) is 0 Å². The van der Waals surface area contributed by atoms with Gasteiger partial charge in [-0.1, -0.05) is 6.07 Å². The molecule has 132 valence electrons. The summed E-state index contributed by atoms with van der Waals surface area (Å²) in [6.07, 6.45) is 1.86. The van der Waals surface area contributed by atoms with Gasteiger partial charge in [-0.3, -0.25) is 4.79 Å². The topological polar surface area (TPSA) is 72.3 Å². The van der Waals surface area contributed by atoms with Crippen LogP contribution in [-0.4, -0.2) is 52.3 Å². The highest BCUT2D eigenvalue weighted by Crippen LogP contribution is 2.28. The fraction of sp³-hybridized carbons (Fsp3) is 0.500. The van der Waals surface area contributed by atoms with Crippen LogP contribution in [0.2, 0.25) is 0 Å². The van der Waals surface area contributed by atoms with Crippen molar-refractivity contribution < 1.29 is 9.53 Å². The van der Waals surface area contributed by atoms with E-state index in [9.17, 15) is 4.79 Å². The van der Waals surface area contributed by atoms with Crippen LogP contribution >= 0.6 is 0 Å². The Morgan fingerprint density at radius 3 is 2.88 bits per heavy atom. The number of amides is 1. The van der Waals surface area contributed by atoms with Crippen molar-refractivity contribution >= 4 is 5.91 Å². The molecular formula is C18H23N5O2. The zero-order valence-corrected chi connectivity index (χ0v) is 14.4. The van der Waals surface area contributed by atoms with Crippen LogP contribution in [0.4, 0.5) is 0 Å². The molecule has 0 unspecified atom stereocenters. The lowest BCUT2D eigenvalue weighted by Crippen LogP contribution is -2.38. The highest BCUT2D eigenvalue weighted by molar-refractivity contribution is 5.94. The van der Waals surface area contributed by atoms with Gasteiger partial charge >= 0.3 is 0 Å². The van der Waals surface area contributed by atoms with E-state index >= 15 is 0 Å². The lowest BCUT2D eigenvalue weighted by molar-refractivity contribution is 0.0709. The van der Waals surface area contributed by atoms with Crippen molar-refractivity contribution in [3.63, 3.8) is 0 Å². The molecule has 4 rings (SSSR count). The van der Waals surface area contributed by atoms with Crippen molar-refractivity contribution in [1.82, 2.24) is 25.0 Å². The van der Waals surface area contributed by atoms with Gasteiger partial charge < -0.3 is 19.5 Å². The quantitative estimate of drug-likeness (QED) is 0.914. The second kappa shape index (κ2) is 6.84. The van der Waals surface area contributed by atoms with Gasteiger partial charge in [0.15, 0.2) is 0 Å². The first-order valence-electron chi connectivity index (χ1n) is 8.82. The minimum atomic E-state index is 0.0739. The molecule has 2 aliphatic rings. The van der Waals surface area contributed by atoms with E-state index in [-0.39, 0.29) is 5.91 Å². The molecule has 7 nitrogen and oxygen atoms in total. The number of fused-ring (bicyclic) bond motifs is 1. The summed E-state index contributed by atoms with van der Waals surface area (Å²) in [6.45, 7) is 4.19. The molecule has 1 N–H and O–H groups in total. The lowest BCUT2D eigenvalue weighted by Gasteiger charge is -2.32. The van der Waals surface area contributed by atoms with Gasteiger partial charge in [-0.25, -0.2) is 0 Å². The molecule has 25 heavy (non-hydrogen) atoms. The Bertz CT molecular complexity index is 765. The molecule has 0 atom stereocenters. The molecule has 2 aliphatic heterocycles. The molecule has 1 aromatic carbocycles. The Hall–Kier alpha value is -2.41. The summed E-state index contributed by atoms with van der Waals surface area (Å²) in [7, 11) is 1.61. The van der Waals surface area contributed by atoms with E-state index < -0.39 is 0 Å². The first-order valence-corrected chi connectivity index (χ1v) is 8.82. The molecule has 1 fully saturated rings. The summed E-state index contributed by atoms with van der Waals surface area (Å²) in [4.78, 5) is 14.7. The van der Waals surface area contributed by atoms with Crippen LogP contribution in [-0.2, 0) is 13.1 Å². The summed E-state index contributed by atoms with van der Waals surface area (Å²) in [5, 5.41) is 12.1. The van der Waals surface area contributed by atoms with Crippen LogP contribution in [0.15, 0.2) is 24.3 Å². The number of likely N-dealkylation sites (tertiary alicyclic amines) is 1. The Kier molecular flexibility index (Phi) is 4.40. The third kappa shape index (κ3) is 3.11. The Morgan fingerprint density at radius 2 is 2.08 bits per heavy atom. The summed E-state index contributed by atoms with van der Waals surface area (Å²) in [5.74, 6) is 3.28. The number of methoxy groups -OCH3 is 1. The molecule has 7 heteroatoms. The average Bonchev–Trinajstić information content (AvgIpc) is 3.12.